The van der Waals surface area contributed by atoms with E-state index in [0.29, 0.717) is 23.9 Å². The van der Waals surface area contributed by atoms with Gasteiger partial charge in [0.2, 0.25) is 0 Å². The van der Waals surface area contributed by atoms with Gasteiger partial charge in [0.15, 0.2) is 0 Å². The fraction of sp³-hybridized carbons (Fsp3) is 0.278. The minimum atomic E-state index is -0.368. The number of phenols is 1. The Morgan fingerprint density at radius 1 is 1.21 bits per heavy atom. The number of amides is 1. The monoisotopic (exact) mass is 346 g/mol. The van der Waals surface area contributed by atoms with Crippen LogP contribution in [0.4, 0.5) is 11.4 Å². The third-order valence-electron chi connectivity index (χ3n) is 3.96. The molecule has 2 aromatic carbocycles. The molecule has 1 aliphatic heterocycles. The average molecular weight is 347 g/mol. The third kappa shape index (κ3) is 3.63. The van der Waals surface area contributed by atoms with Crippen molar-refractivity contribution in [3.63, 3.8) is 0 Å². The van der Waals surface area contributed by atoms with Gasteiger partial charge < -0.3 is 20.1 Å². The molecule has 0 aliphatic carbocycles. The van der Waals surface area contributed by atoms with E-state index in [4.69, 9.17) is 16.3 Å². The molecular weight excluding hydrogens is 328 g/mol. The SMILES string of the molecule is Cc1ccc(O)c(C(=O)Nc2cc(Cl)ccc2N2CCOCC2)c1. The summed E-state index contributed by atoms with van der Waals surface area (Å²) in [6.45, 7) is 4.67. The number of phenolic OH excluding ortho intramolecular Hbond substituents is 1. The molecule has 1 aliphatic rings. The van der Waals surface area contributed by atoms with E-state index in [9.17, 15) is 9.90 Å². The summed E-state index contributed by atoms with van der Waals surface area (Å²) in [6, 6.07) is 10.3. The van der Waals surface area contributed by atoms with E-state index in [1.165, 1.54) is 6.07 Å². The van der Waals surface area contributed by atoms with E-state index in [0.717, 1.165) is 24.3 Å². The zero-order valence-corrected chi connectivity index (χ0v) is 14.1. The molecule has 2 N–H and O–H groups in total. The van der Waals surface area contributed by atoms with Gasteiger partial charge in [-0.15, -0.1) is 0 Å². The van der Waals surface area contributed by atoms with Crippen LogP contribution in [0.1, 0.15) is 15.9 Å². The first-order valence-electron chi connectivity index (χ1n) is 7.78. The Hall–Kier alpha value is -2.24. The highest BCUT2D eigenvalue weighted by molar-refractivity contribution is 6.31. The third-order valence-corrected chi connectivity index (χ3v) is 4.19. The fourth-order valence-electron chi connectivity index (χ4n) is 2.71. The van der Waals surface area contributed by atoms with E-state index in [2.05, 4.69) is 10.2 Å². The lowest BCUT2D eigenvalue weighted by Crippen LogP contribution is -2.36. The quantitative estimate of drug-likeness (QED) is 0.893. The zero-order chi connectivity index (χ0) is 17.1. The Kier molecular flexibility index (Phi) is 4.92. The van der Waals surface area contributed by atoms with Crippen molar-refractivity contribution in [2.75, 3.05) is 36.5 Å². The minimum absolute atomic E-state index is 0.0481. The zero-order valence-electron chi connectivity index (χ0n) is 13.4. The highest BCUT2D eigenvalue weighted by Gasteiger charge is 2.18. The predicted octanol–water partition coefficient (Wildman–Crippen LogP) is 3.44. The van der Waals surface area contributed by atoms with Crippen LogP contribution < -0.4 is 10.2 Å². The van der Waals surface area contributed by atoms with Crippen molar-refractivity contribution in [1.29, 1.82) is 0 Å². The first-order chi connectivity index (χ1) is 11.5. The number of anilines is 2. The molecule has 6 heteroatoms. The Labute approximate surface area is 145 Å². The van der Waals surface area contributed by atoms with Crippen LogP contribution in [-0.2, 0) is 4.74 Å². The van der Waals surface area contributed by atoms with Gasteiger partial charge in [0.05, 0.1) is 30.2 Å². The van der Waals surface area contributed by atoms with Crippen molar-refractivity contribution in [2.24, 2.45) is 0 Å². The number of nitrogens with zero attached hydrogens (tertiary/aromatic N) is 1. The molecule has 24 heavy (non-hydrogen) atoms. The Bertz CT molecular complexity index is 758. The number of carbonyl (C=O) groups is 1. The van der Waals surface area contributed by atoms with Crippen molar-refractivity contribution in [3.8, 4) is 5.75 Å². The van der Waals surface area contributed by atoms with Crippen molar-refractivity contribution >= 4 is 28.9 Å². The number of hydrogen-bond acceptors (Lipinski definition) is 4. The Balaban J connectivity index is 1.89. The number of aryl methyl sites for hydroxylation is 1. The summed E-state index contributed by atoms with van der Waals surface area (Å²) in [5, 5.41) is 13.3. The molecule has 0 bridgehead atoms. The number of nitrogens with one attached hydrogen (secondary N) is 1. The molecule has 5 nitrogen and oxygen atoms in total. The first kappa shape index (κ1) is 16.6. The maximum Gasteiger partial charge on any atom is 0.259 e. The van der Waals surface area contributed by atoms with Crippen molar-refractivity contribution in [2.45, 2.75) is 6.92 Å². The topological polar surface area (TPSA) is 61.8 Å². The van der Waals surface area contributed by atoms with Crippen LogP contribution in [0.3, 0.4) is 0 Å². The summed E-state index contributed by atoms with van der Waals surface area (Å²) in [7, 11) is 0. The van der Waals surface area contributed by atoms with E-state index in [-0.39, 0.29) is 17.2 Å². The lowest BCUT2D eigenvalue weighted by molar-refractivity contribution is 0.102. The van der Waals surface area contributed by atoms with Gasteiger partial charge in [-0.25, -0.2) is 0 Å². The number of benzene rings is 2. The summed E-state index contributed by atoms with van der Waals surface area (Å²) < 4.78 is 5.38. The summed E-state index contributed by atoms with van der Waals surface area (Å²) in [4.78, 5) is 14.7. The fourth-order valence-corrected chi connectivity index (χ4v) is 2.88. The number of morpholine rings is 1. The highest BCUT2D eigenvalue weighted by atomic mass is 35.5. The van der Waals surface area contributed by atoms with Gasteiger partial charge in [-0.3, -0.25) is 4.79 Å². The molecule has 0 aromatic heterocycles. The van der Waals surface area contributed by atoms with E-state index >= 15 is 0 Å². The summed E-state index contributed by atoms with van der Waals surface area (Å²) in [5.74, 6) is -0.416. The van der Waals surface area contributed by atoms with Gasteiger partial charge in [-0.05, 0) is 37.3 Å². The Morgan fingerprint density at radius 2 is 1.96 bits per heavy atom. The van der Waals surface area contributed by atoms with Crippen LogP contribution in [0.2, 0.25) is 5.02 Å². The van der Waals surface area contributed by atoms with Crippen LogP contribution in [0.15, 0.2) is 36.4 Å². The molecule has 0 saturated carbocycles. The molecule has 126 valence electrons. The van der Waals surface area contributed by atoms with Gasteiger partial charge >= 0.3 is 0 Å². The molecule has 2 aromatic rings. The minimum Gasteiger partial charge on any atom is -0.507 e. The number of aromatic hydroxyl groups is 1. The lowest BCUT2D eigenvalue weighted by Gasteiger charge is -2.30. The normalized spacial score (nSPS) is 14.5. The predicted molar refractivity (Wildman–Crippen MR) is 95.3 cm³/mol. The standard InChI is InChI=1S/C18H19ClN2O3/c1-12-2-5-17(22)14(10-12)18(23)20-15-11-13(19)3-4-16(15)21-6-8-24-9-7-21/h2-5,10-11,22H,6-9H2,1H3,(H,20,23). The van der Waals surface area contributed by atoms with Crippen molar-refractivity contribution in [3.05, 3.63) is 52.5 Å². The van der Waals surface area contributed by atoms with Gasteiger partial charge in [0.1, 0.15) is 5.75 Å². The second-order valence-corrected chi connectivity index (χ2v) is 6.17. The van der Waals surface area contributed by atoms with Crippen LogP contribution in [0, 0.1) is 6.92 Å². The summed E-state index contributed by atoms with van der Waals surface area (Å²) in [5.41, 5.74) is 2.65. The highest BCUT2D eigenvalue weighted by Crippen LogP contribution is 2.31. The summed E-state index contributed by atoms with van der Waals surface area (Å²) >= 11 is 6.10. The van der Waals surface area contributed by atoms with E-state index < -0.39 is 0 Å². The smallest absolute Gasteiger partial charge is 0.259 e. The van der Waals surface area contributed by atoms with Gasteiger partial charge in [0.25, 0.3) is 5.91 Å². The van der Waals surface area contributed by atoms with Crippen molar-refractivity contribution < 1.29 is 14.6 Å². The van der Waals surface area contributed by atoms with Crippen LogP contribution >= 0.6 is 11.6 Å². The summed E-state index contributed by atoms with van der Waals surface area (Å²) in [6.07, 6.45) is 0. The molecule has 0 atom stereocenters. The van der Waals surface area contributed by atoms with Gasteiger partial charge in [0, 0.05) is 18.1 Å². The molecule has 1 heterocycles. The van der Waals surface area contributed by atoms with Crippen molar-refractivity contribution in [1.82, 2.24) is 0 Å². The molecule has 3 rings (SSSR count). The molecule has 0 unspecified atom stereocenters. The van der Waals surface area contributed by atoms with E-state index in [1.807, 2.05) is 13.0 Å². The lowest BCUT2D eigenvalue weighted by atomic mass is 10.1. The number of hydrogen-bond donors (Lipinski definition) is 2. The Morgan fingerprint density at radius 3 is 2.71 bits per heavy atom. The van der Waals surface area contributed by atoms with E-state index in [1.54, 1.807) is 24.3 Å². The first-order valence-corrected chi connectivity index (χ1v) is 8.15. The largest absolute Gasteiger partial charge is 0.507 e. The molecule has 1 amide bonds. The molecule has 0 spiro atoms. The number of rotatable bonds is 3. The average Bonchev–Trinajstić information content (AvgIpc) is 2.58. The molecular formula is C18H19ClN2O3. The molecule has 1 saturated heterocycles. The number of halogens is 1. The van der Waals surface area contributed by atoms with Gasteiger partial charge in [-0.2, -0.15) is 0 Å². The molecule has 0 radical (unpaired) electrons. The van der Waals surface area contributed by atoms with Crippen LogP contribution in [0.25, 0.3) is 0 Å². The number of ether oxygens (including phenoxy) is 1. The maximum atomic E-state index is 12.6. The van der Waals surface area contributed by atoms with Crippen LogP contribution in [0.5, 0.6) is 5.75 Å². The second kappa shape index (κ2) is 7.11. The van der Waals surface area contributed by atoms with Crippen LogP contribution in [-0.4, -0.2) is 37.3 Å². The molecule has 1 fully saturated rings. The number of carbonyl (C=O) groups excluding carboxylic acids is 1. The maximum absolute atomic E-state index is 12.6. The second-order valence-electron chi connectivity index (χ2n) is 5.74. The van der Waals surface area contributed by atoms with Gasteiger partial charge in [-0.1, -0.05) is 23.2 Å².